The van der Waals surface area contributed by atoms with Gasteiger partial charge in [0, 0.05) is 12.5 Å². The number of aromatic hydroxyl groups is 1. The Morgan fingerprint density at radius 2 is 1.88 bits per heavy atom. The number of rotatable bonds is 7. The monoisotopic (exact) mass is 222 g/mol. The second-order valence-corrected chi connectivity index (χ2v) is 4.27. The second-order valence-electron chi connectivity index (χ2n) is 4.27. The van der Waals surface area contributed by atoms with Gasteiger partial charge < -0.3 is 9.84 Å². The van der Waals surface area contributed by atoms with Crippen molar-refractivity contribution in [2.75, 3.05) is 13.2 Å². The summed E-state index contributed by atoms with van der Waals surface area (Å²) in [4.78, 5) is 0. The van der Waals surface area contributed by atoms with E-state index in [1.807, 2.05) is 12.1 Å². The van der Waals surface area contributed by atoms with Gasteiger partial charge in [0.2, 0.25) is 0 Å². The highest BCUT2D eigenvalue weighted by Gasteiger charge is 2.05. The summed E-state index contributed by atoms with van der Waals surface area (Å²) in [5.41, 5.74) is 1.22. The van der Waals surface area contributed by atoms with Crippen LogP contribution in [0.5, 0.6) is 5.75 Å². The number of phenolic OH excluding ortho intramolecular Hbond substituents is 1. The summed E-state index contributed by atoms with van der Waals surface area (Å²) in [6.07, 6.45) is 3.63. The molecule has 1 aromatic rings. The third kappa shape index (κ3) is 4.67. The fraction of sp³-hybridized carbons (Fsp3) is 0.571. The Morgan fingerprint density at radius 1 is 1.19 bits per heavy atom. The summed E-state index contributed by atoms with van der Waals surface area (Å²) >= 11 is 0. The van der Waals surface area contributed by atoms with Crippen LogP contribution in [-0.4, -0.2) is 18.3 Å². The minimum Gasteiger partial charge on any atom is -0.508 e. The van der Waals surface area contributed by atoms with Crippen molar-refractivity contribution < 1.29 is 9.84 Å². The van der Waals surface area contributed by atoms with Crippen LogP contribution in [0.15, 0.2) is 24.3 Å². The average Bonchev–Trinajstić information content (AvgIpc) is 2.29. The number of phenols is 1. The molecule has 0 aromatic heterocycles. The molecule has 0 fully saturated rings. The highest BCUT2D eigenvalue weighted by Crippen LogP contribution is 2.18. The van der Waals surface area contributed by atoms with Crippen molar-refractivity contribution in [3.8, 4) is 5.75 Å². The number of unbranched alkanes of at least 4 members (excludes halogenated alkanes) is 2. The van der Waals surface area contributed by atoms with Gasteiger partial charge in [-0.25, -0.2) is 0 Å². The van der Waals surface area contributed by atoms with E-state index in [0.29, 0.717) is 11.7 Å². The zero-order valence-electron chi connectivity index (χ0n) is 10.3. The zero-order chi connectivity index (χ0) is 11.8. The van der Waals surface area contributed by atoms with Crippen LogP contribution in [-0.2, 0) is 4.74 Å². The fourth-order valence-corrected chi connectivity index (χ4v) is 1.61. The molecule has 1 atom stereocenters. The Hall–Kier alpha value is -1.02. The van der Waals surface area contributed by atoms with Crippen molar-refractivity contribution >= 4 is 0 Å². The zero-order valence-corrected chi connectivity index (χ0v) is 10.3. The minimum absolute atomic E-state index is 0.319. The van der Waals surface area contributed by atoms with Gasteiger partial charge in [-0.3, -0.25) is 0 Å². The van der Waals surface area contributed by atoms with Gasteiger partial charge >= 0.3 is 0 Å². The van der Waals surface area contributed by atoms with Crippen LogP contribution in [0.2, 0.25) is 0 Å². The van der Waals surface area contributed by atoms with E-state index >= 15 is 0 Å². The molecule has 0 aliphatic heterocycles. The molecule has 0 amide bonds. The Balaban J connectivity index is 2.24. The van der Waals surface area contributed by atoms with Gasteiger partial charge in [0.25, 0.3) is 0 Å². The smallest absolute Gasteiger partial charge is 0.115 e. The van der Waals surface area contributed by atoms with E-state index in [1.54, 1.807) is 12.1 Å². The maximum absolute atomic E-state index is 9.18. The van der Waals surface area contributed by atoms with Gasteiger partial charge in [-0.15, -0.1) is 0 Å². The van der Waals surface area contributed by atoms with Crippen LogP contribution in [0.4, 0.5) is 0 Å². The third-order valence-electron chi connectivity index (χ3n) is 2.72. The summed E-state index contributed by atoms with van der Waals surface area (Å²) < 4.78 is 5.62. The Morgan fingerprint density at radius 3 is 2.50 bits per heavy atom. The summed E-state index contributed by atoms with van der Waals surface area (Å²) in [5, 5.41) is 9.18. The summed E-state index contributed by atoms with van der Waals surface area (Å²) in [7, 11) is 0. The molecule has 1 aromatic carbocycles. The van der Waals surface area contributed by atoms with Crippen molar-refractivity contribution in [1.82, 2.24) is 0 Å². The molecular weight excluding hydrogens is 200 g/mol. The van der Waals surface area contributed by atoms with E-state index in [-0.39, 0.29) is 0 Å². The maximum Gasteiger partial charge on any atom is 0.115 e. The first-order valence-electron chi connectivity index (χ1n) is 6.10. The van der Waals surface area contributed by atoms with Crippen molar-refractivity contribution in [2.45, 2.75) is 39.0 Å². The van der Waals surface area contributed by atoms with Crippen molar-refractivity contribution in [3.63, 3.8) is 0 Å². The minimum atomic E-state index is 0.319. The van der Waals surface area contributed by atoms with E-state index in [0.717, 1.165) is 19.6 Å². The molecule has 0 bridgehead atoms. The van der Waals surface area contributed by atoms with E-state index < -0.39 is 0 Å². The number of hydrogen-bond acceptors (Lipinski definition) is 2. The van der Waals surface area contributed by atoms with Crippen molar-refractivity contribution in [3.05, 3.63) is 29.8 Å². The van der Waals surface area contributed by atoms with E-state index in [1.165, 1.54) is 18.4 Å². The molecule has 1 N–H and O–H groups in total. The Bertz CT molecular complexity index is 279. The highest BCUT2D eigenvalue weighted by molar-refractivity contribution is 5.27. The Kier molecular flexibility index (Phi) is 5.94. The van der Waals surface area contributed by atoms with Crippen LogP contribution in [0.3, 0.4) is 0 Å². The molecule has 0 aliphatic carbocycles. The van der Waals surface area contributed by atoms with E-state index in [9.17, 15) is 5.11 Å². The molecule has 0 aliphatic rings. The topological polar surface area (TPSA) is 29.5 Å². The lowest BCUT2D eigenvalue weighted by Crippen LogP contribution is -2.05. The van der Waals surface area contributed by atoms with Crippen molar-refractivity contribution in [1.29, 1.82) is 0 Å². The molecule has 1 unspecified atom stereocenters. The van der Waals surface area contributed by atoms with Crippen LogP contribution in [0.25, 0.3) is 0 Å². The van der Waals surface area contributed by atoms with Crippen LogP contribution >= 0.6 is 0 Å². The maximum atomic E-state index is 9.18. The standard InChI is InChI=1S/C14H22O2/c1-3-4-5-10-16-11-12(2)13-6-8-14(15)9-7-13/h6-9,12,15H,3-5,10-11H2,1-2H3. The van der Waals surface area contributed by atoms with Gasteiger partial charge in [-0.05, 0) is 24.1 Å². The van der Waals surface area contributed by atoms with Crippen LogP contribution < -0.4 is 0 Å². The molecular formula is C14H22O2. The first-order chi connectivity index (χ1) is 7.74. The molecule has 0 radical (unpaired) electrons. The quantitative estimate of drug-likeness (QED) is 0.713. The first-order valence-corrected chi connectivity index (χ1v) is 6.10. The lowest BCUT2D eigenvalue weighted by atomic mass is 10.0. The molecule has 0 saturated carbocycles. The summed E-state index contributed by atoms with van der Waals surface area (Å²) in [6.45, 7) is 5.95. The summed E-state index contributed by atoms with van der Waals surface area (Å²) in [5.74, 6) is 0.710. The molecule has 90 valence electrons. The van der Waals surface area contributed by atoms with Gasteiger partial charge in [0.1, 0.15) is 5.75 Å². The van der Waals surface area contributed by atoms with Crippen LogP contribution in [0, 0.1) is 0 Å². The number of hydrogen-bond donors (Lipinski definition) is 1. The molecule has 16 heavy (non-hydrogen) atoms. The molecule has 0 saturated heterocycles. The largest absolute Gasteiger partial charge is 0.508 e. The molecule has 0 heterocycles. The van der Waals surface area contributed by atoms with Gasteiger partial charge in [-0.1, -0.05) is 38.8 Å². The summed E-state index contributed by atoms with van der Waals surface area (Å²) in [6, 6.07) is 7.36. The SMILES string of the molecule is CCCCCOCC(C)c1ccc(O)cc1. The number of ether oxygens (including phenoxy) is 1. The number of benzene rings is 1. The highest BCUT2D eigenvalue weighted by atomic mass is 16.5. The molecule has 1 rings (SSSR count). The Labute approximate surface area is 98.3 Å². The molecule has 0 spiro atoms. The average molecular weight is 222 g/mol. The third-order valence-corrected chi connectivity index (χ3v) is 2.72. The molecule has 2 heteroatoms. The molecule has 2 nitrogen and oxygen atoms in total. The van der Waals surface area contributed by atoms with Gasteiger partial charge in [0.05, 0.1) is 6.61 Å². The predicted molar refractivity (Wildman–Crippen MR) is 66.9 cm³/mol. The lowest BCUT2D eigenvalue weighted by Gasteiger charge is -2.12. The lowest BCUT2D eigenvalue weighted by molar-refractivity contribution is 0.120. The normalized spacial score (nSPS) is 12.6. The van der Waals surface area contributed by atoms with Crippen molar-refractivity contribution in [2.24, 2.45) is 0 Å². The second kappa shape index (κ2) is 7.29. The van der Waals surface area contributed by atoms with Gasteiger partial charge in [-0.2, -0.15) is 0 Å². The van der Waals surface area contributed by atoms with Crippen LogP contribution in [0.1, 0.15) is 44.6 Å². The predicted octanol–water partition coefficient (Wildman–Crippen LogP) is 3.70. The first kappa shape index (κ1) is 13.0. The van der Waals surface area contributed by atoms with Gasteiger partial charge in [0.15, 0.2) is 0 Å². The van der Waals surface area contributed by atoms with E-state index in [2.05, 4.69) is 13.8 Å². The fourth-order valence-electron chi connectivity index (χ4n) is 1.61. The van der Waals surface area contributed by atoms with E-state index in [4.69, 9.17) is 4.74 Å².